The number of hydrogen-bond acceptors (Lipinski definition) is 4. The molecule has 1 aromatic carbocycles. The van der Waals surface area contributed by atoms with E-state index in [0.717, 1.165) is 18.4 Å². The number of benzene rings is 1. The molecule has 3 rings (SSSR count). The molecule has 0 spiro atoms. The van der Waals surface area contributed by atoms with Crippen LogP contribution in [0.5, 0.6) is 0 Å². The third-order valence-electron chi connectivity index (χ3n) is 4.49. The maximum atomic E-state index is 12.7. The third-order valence-corrected chi connectivity index (χ3v) is 4.72. The molecule has 1 atom stereocenters. The van der Waals surface area contributed by atoms with E-state index in [2.05, 4.69) is 10.3 Å². The van der Waals surface area contributed by atoms with E-state index in [9.17, 15) is 9.59 Å². The molecule has 0 saturated carbocycles. The lowest BCUT2D eigenvalue weighted by molar-refractivity contribution is -0.121. The van der Waals surface area contributed by atoms with Gasteiger partial charge in [-0.05, 0) is 42.7 Å². The van der Waals surface area contributed by atoms with Gasteiger partial charge in [0.25, 0.3) is 5.91 Å². The molecule has 144 valence electrons. The zero-order valence-corrected chi connectivity index (χ0v) is 16.3. The van der Waals surface area contributed by atoms with E-state index in [1.165, 1.54) is 6.20 Å². The zero-order chi connectivity index (χ0) is 18.5. The molecule has 2 amide bonds. The van der Waals surface area contributed by atoms with Gasteiger partial charge < -0.3 is 16.0 Å². The summed E-state index contributed by atoms with van der Waals surface area (Å²) in [5, 5.41) is 3.30. The number of carbonyl (C=O) groups excluding carboxylic acids is 2. The van der Waals surface area contributed by atoms with Gasteiger partial charge in [0.05, 0.1) is 10.9 Å². The van der Waals surface area contributed by atoms with Crippen LogP contribution in [0.2, 0.25) is 5.02 Å². The van der Waals surface area contributed by atoms with Crippen molar-refractivity contribution < 1.29 is 9.59 Å². The second-order valence-corrected chi connectivity index (χ2v) is 6.78. The topological polar surface area (TPSA) is 88.3 Å². The second kappa shape index (κ2) is 9.69. The van der Waals surface area contributed by atoms with Gasteiger partial charge in [-0.15, -0.1) is 12.4 Å². The van der Waals surface area contributed by atoms with Crippen molar-refractivity contribution in [1.29, 1.82) is 0 Å². The Bertz CT molecular complexity index is 781. The van der Waals surface area contributed by atoms with Crippen LogP contribution in [0.25, 0.3) is 0 Å². The number of piperidine rings is 1. The highest BCUT2D eigenvalue weighted by molar-refractivity contribution is 6.30. The Labute approximate surface area is 169 Å². The monoisotopic (exact) mass is 408 g/mol. The average Bonchev–Trinajstić information content (AvgIpc) is 2.69. The van der Waals surface area contributed by atoms with Crippen LogP contribution in [0.3, 0.4) is 0 Å². The molecule has 1 aliphatic rings. The van der Waals surface area contributed by atoms with E-state index in [1.807, 2.05) is 12.1 Å². The predicted molar refractivity (Wildman–Crippen MR) is 108 cm³/mol. The molecule has 2 aromatic rings. The van der Waals surface area contributed by atoms with Crippen molar-refractivity contribution in [2.24, 2.45) is 11.7 Å². The molecule has 1 aromatic heterocycles. The number of amides is 2. The molecule has 8 heteroatoms. The summed E-state index contributed by atoms with van der Waals surface area (Å²) in [5.74, 6) is 0.0141. The number of hydrogen-bond donors (Lipinski definition) is 2. The Morgan fingerprint density at radius 3 is 2.59 bits per heavy atom. The summed E-state index contributed by atoms with van der Waals surface area (Å²) in [6, 6.07) is 10.6. The lowest BCUT2D eigenvalue weighted by atomic mass is 9.96. The number of anilines is 1. The molecule has 0 radical (unpaired) electrons. The van der Waals surface area contributed by atoms with Gasteiger partial charge in [-0.25, -0.2) is 4.98 Å². The molecular weight excluding hydrogens is 387 g/mol. The maximum Gasteiger partial charge on any atom is 0.253 e. The van der Waals surface area contributed by atoms with Gasteiger partial charge in [0.2, 0.25) is 5.91 Å². The Kier molecular flexibility index (Phi) is 7.59. The van der Waals surface area contributed by atoms with Crippen LogP contribution in [-0.4, -0.2) is 34.8 Å². The van der Waals surface area contributed by atoms with E-state index in [1.54, 1.807) is 29.2 Å². The summed E-state index contributed by atoms with van der Waals surface area (Å²) in [6.07, 6.45) is 3.02. The number of halogens is 2. The number of pyridine rings is 1. The van der Waals surface area contributed by atoms with Gasteiger partial charge in [-0.3, -0.25) is 9.59 Å². The summed E-state index contributed by atoms with van der Waals surface area (Å²) in [4.78, 5) is 31.0. The predicted octanol–water partition coefficient (Wildman–Crippen LogP) is 3.11. The van der Waals surface area contributed by atoms with Crippen LogP contribution >= 0.6 is 24.0 Å². The number of rotatable bonds is 4. The molecule has 0 aliphatic carbocycles. The molecule has 3 N–H and O–H groups in total. The van der Waals surface area contributed by atoms with E-state index in [-0.39, 0.29) is 30.1 Å². The molecule has 0 bridgehead atoms. The fourth-order valence-corrected chi connectivity index (χ4v) is 3.13. The van der Waals surface area contributed by atoms with Gasteiger partial charge in [-0.1, -0.05) is 23.7 Å². The summed E-state index contributed by atoms with van der Waals surface area (Å²) < 4.78 is 0. The summed E-state index contributed by atoms with van der Waals surface area (Å²) >= 11 is 5.80. The molecule has 1 aliphatic heterocycles. The minimum absolute atomic E-state index is 0. The van der Waals surface area contributed by atoms with Crippen LogP contribution in [0.15, 0.2) is 42.6 Å². The first kappa shape index (κ1) is 21.2. The zero-order valence-electron chi connectivity index (χ0n) is 14.7. The Balaban J connectivity index is 0.00000261. The molecule has 6 nitrogen and oxygen atoms in total. The standard InChI is InChI=1S/C19H21ClN4O2.ClH/c20-16-7-8-17(22-11-16)23-18(25)15-2-1-9-24(12-15)19(26)14-5-3-13(10-21)4-6-14;/h3-8,11,15H,1-2,9-10,12,21H2,(H,22,23,25);1H. The van der Waals surface area contributed by atoms with Crippen LogP contribution in [0, 0.1) is 5.92 Å². The molecule has 1 saturated heterocycles. The summed E-state index contributed by atoms with van der Waals surface area (Å²) in [6.45, 7) is 1.50. The van der Waals surface area contributed by atoms with Crippen molar-refractivity contribution >= 4 is 41.6 Å². The molecule has 1 unspecified atom stereocenters. The van der Waals surface area contributed by atoms with Gasteiger partial charge in [0, 0.05) is 31.4 Å². The minimum Gasteiger partial charge on any atom is -0.338 e. The van der Waals surface area contributed by atoms with Gasteiger partial charge in [0.1, 0.15) is 5.82 Å². The first-order chi connectivity index (χ1) is 12.6. The lowest BCUT2D eigenvalue weighted by Crippen LogP contribution is -2.43. The molecule has 2 heterocycles. The number of likely N-dealkylation sites (tertiary alicyclic amines) is 1. The first-order valence-electron chi connectivity index (χ1n) is 8.57. The van der Waals surface area contributed by atoms with Crippen LogP contribution in [0.4, 0.5) is 5.82 Å². The fourth-order valence-electron chi connectivity index (χ4n) is 3.02. The van der Waals surface area contributed by atoms with Crippen LogP contribution < -0.4 is 11.1 Å². The highest BCUT2D eigenvalue weighted by Gasteiger charge is 2.29. The molecule has 1 fully saturated rings. The first-order valence-corrected chi connectivity index (χ1v) is 8.95. The largest absolute Gasteiger partial charge is 0.338 e. The van der Waals surface area contributed by atoms with Crippen molar-refractivity contribution in [3.05, 3.63) is 58.7 Å². The Morgan fingerprint density at radius 1 is 1.22 bits per heavy atom. The number of aromatic nitrogens is 1. The molecule has 27 heavy (non-hydrogen) atoms. The Morgan fingerprint density at radius 2 is 1.96 bits per heavy atom. The smallest absolute Gasteiger partial charge is 0.253 e. The highest BCUT2D eigenvalue weighted by Crippen LogP contribution is 2.21. The van der Waals surface area contributed by atoms with Gasteiger partial charge in [0.15, 0.2) is 0 Å². The van der Waals surface area contributed by atoms with Crippen molar-refractivity contribution in [2.45, 2.75) is 19.4 Å². The van der Waals surface area contributed by atoms with E-state index in [4.69, 9.17) is 17.3 Å². The second-order valence-electron chi connectivity index (χ2n) is 6.34. The van der Waals surface area contributed by atoms with Crippen molar-refractivity contribution in [3.63, 3.8) is 0 Å². The normalized spacial score (nSPS) is 16.4. The van der Waals surface area contributed by atoms with Crippen LogP contribution in [0.1, 0.15) is 28.8 Å². The van der Waals surface area contributed by atoms with Crippen molar-refractivity contribution in [2.75, 3.05) is 18.4 Å². The SMILES string of the molecule is Cl.NCc1ccc(C(=O)N2CCCC(C(=O)Nc3ccc(Cl)cn3)C2)cc1. The van der Waals surface area contributed by atoms with E-state index >= 15 is 0 Å². The van der Waals surface area contributed by atoms with Crippen molar-refractivity contribution in [1.82, 2.24) is 9.88 Å². The number of nitrogens with zero attached hydrogens (tertiary/aromatic N) is 2. The Hall–Kier alpha value is -2.15. The van der Waals surface area contributed by atoms with E-state index < -0.39 is 0 Å². The fraction of sp³-hybridized carbons (Fsp3) is 0.316. The van der Waals surface area contributed by atoms with Gasteiger partial charge in [-0.2, -0.15) is 0 Å². The van der Waals surface area contributed by atoms with Crippen LogP contribution in [-0.2, 0) is 11.3 Å². The maximum absolute atomic E-state index is 12.7. The quantitative estimate of drug-likeness (QED) is 0.812. The number of carbonyl (C=O) groups is 2. The lowest BCUT2D eigenvalue weighted by Gasteiger charge is -2.32. The van der Waals surface area contributed by atoms with E-state index in [0.29, 0.717) is 36.0 Å². The minimum atomic E-state index is -0.256. The summed E-state index contributed by atoms with van der Waals surface area (Å²) in [5.41, 5.74) is 7.18. The third kappa shape index (κ3) is 5.42. The highest BCUT2D eigenvalue weighted by atomic mass is 35.5. The van der Waals surface area contributed by atoms with Gasteiger partial charge >= 0.3 is 0 Å². The van der Waals surface area contributed by atoms with Crippen molar-refractivity contribution in [3.8, 4) is 0 Å². The molecular formula is C19H22Cl2N4O2. The average molecular weight is 409 g/mol. The number of nitrogens with two attached hydrogens (primary N) is 1. The summed E-state index contributed by atoms with van der Waals surface area (Å²) in [7, 11) is 0. The number of nitrogens with one attached hydrogen (secondary N) is 1.